The summed E-state index contributed by atoms with van der Waals surface area (Å²) in [6, 6.07) is 15.9. The second kappa shape index (κ2) is 8.59. The van der Waals surface area contributed by atoms with Crippen LogP contribution >= 0.6 is 11.8 Å². The van der Waals surface area contributed by atoms with Crippen LogP contribution in [0, 0.1) is 5.82 Å². The quantitative estimate of drug-likeness (QED) is 0.510. The summed E-state index contributed by atoms with van der Waals surface area (Å²) in [5.41, 5.74) is 3.72. The Labute approximate surface area is 154 Å². The SMILES string of the molecule is Cn1c(SCC(=O)NOCc2ccccc2)nnc1-c1ccccc1F. The van der Waals surface area contributed by atoms with E-state index in [2.05, 4.69) is 15.7 Å². The fourth-order valence-electron chi connectivity index (χ4n) is 2.25. The second-order valence-electron chi connectivity index (χ2n) is 5.43. The number of benzene rings is 2. The van der Waals surface area contributed by atoms with Gasteiger partial charge in [-0.15, -0.1) is 10.2 Å². The second-order valence-corrected chi connectivity index (χ2v) is 6.38. The summed E-state index contributed by atoms with van der Waals surface area (Å²) in [7, 11) is 1.73. The van der Waals surface area contributed by atoms with Crippen molar-refractivity contribution in [3.8, 4) is 11.4 Å². The van der Waals surface area contributed by atoms with Crippen LogP contribution in [0.25, 0.3) is 11.4 Å². The van der Waals surface area contributed by atoms with E-state index < -0.39 is 0 Å². The van der Waals surface area contributed by atoms with Gasteiger partial charge in [0.05, 0.1) is 17.9 Å². The van der Waals surface area contributed by atoms with Gasteiger partial charge < -0.3 is 4.57 Å². The minimum absolute atomic E-state index is 0.109. The molecule has 134 valence electrons. The molecule has 0 bridgehead atoms. The van der Waals surface area contributed by atoms with E-state index in [1.54, 1.807) is 29.8 Å². The number of rotatable bonds is 7. The standard InChI is InChI=1S/C18H17FN4O2S/c1-23-17(14-9-5-6-10-15(14)19)20-21-18(23)26-12-16(24)22-25-11-13-7-3-2-4-8-13/h2-10H,11-12H2,1H3,(H,22,24). The molecule has 6 nitrogen and oxygen atoms in total. The van der Waals surface area contributed by atoms with Gasteiger partial charge in [-0.1, -0.05) is 54.2 Å². The fourth-order valence-corrected chi connectivity index (χ4v) is 2.95. The van der Waals surface area contributed by atoms with Gasteiger partial charge in [0.1, 0.15) is 5.82 Å². The van der Waals surface area contributed by atoms with Crippen LogP contribution in [0.3, 0.4) is 0 Å². The van der Waals surface area contributed by atoms with E-state index in [0.29, 0.717) is 23.2 Å². The van der Waals surface area contributed by atoms with Crippen LogP contribution in [0.2, 0.25) is 0 Å². The smallest absolute Gasteiger partial charge is 0.254 e. The lowest BCUT2D eigenvalue weighted by Gasteiger charge is -2.06. The summed E-state index contributed by atoms with van der Waals surface area (Å²) in [5.74, 6) is -0.141. The number of halogens is 1. The number of carbonyl (C=O) groups is 1. The van der Waals surface area contributed by atoms with Crippen molar-refractivity contribution in [3.05, 3.63) is 66.0 Å². The number of amides is 1. The van der Waals surface area contributed by atoms with Gasteiger partial charge in [0.2, 0.25) is 0 Å². The first-order chi connectivity index (χ1) is 12.6. The summed E-state index contributed by atoms with van der Waals surface area (Å²) < 4.78 is 15.5. The molecule has 0 aliphatic rings. The molecule has 3 aromatic rings. The van der Waals surface area contributed by atoms with Gasteiger partial charge in [0, 0.05) is 7.05 Å². The molecule has 8 heteroatoms. The molecule has 0 fully saturated rings. The maximum atomic E-state index is 13.9. The zero-order chi connectivity index (χ0) is 18.4. The molecule has 2 aromatic carbocycles. The number of thioether (sulfide) groups is 1. The molecule has 0 saturated heterocycles. The van der Waals surface area contributed by atoms with Crippen LogP contribution in [0.4, 0.5) is 4.39 Å². The van der Waals surface area contributed by atoms with Crippen molar-refractivity contribution in [1.82, 2.24) is 20.2 Å². The van der Waals surface area contributed by atoms with Crippen LogP contribution in [0.5, 0.6) is 0 Å². The van der Waals surface area contributed by atoms with Gasteiger partial charge in [-0.05, 0) is 17.7 Å². The average Bonchev–Trinajstić information content (AvgIpc) is 3.02. The molecule has 26 heavy (non-hydrogen) atoms. The van der Waals surface area contributed by atoms with E-state index in [9.17, 15) is 9.18 Å². The van der Waals surface area contributed by atoms with Gasteiger partial charge in [-0.2, -0.15) is 0 Å². The number of nitrogens with one attached hydrogen (secondary N) is 1. The van der Waals surface area contributed by atoms with Crippen LogP contribution in [0.15, 0.2) is 59.8 Å². The van der Waals surface area contributed by atoms with E-state index in [1.807, 2.05) is 30.3 Å². The van der Waals surface area contributed by atoms with Crippen LogP contribution in [-0.4, -0.2) is 26.4 Å². The predicted octanol–water partition coefficient (Wildman–Crippen LogP) is 2.96. The average molecular weight is 372 g/mol. The Balaban J connectivity index is 1.52. The van der Waals surface area contributed by atoms with E-state index >= 15 is 0 Å². The summed E-state index contributed by atoms with van der Waals surface area (Å²) in [5, 5.41) is 8.55. The van der Waals surface area contributed by atoms with Gasteiger partial charge in [0.15, 0.2) is 11.0 Å². The number of hydrogen-bond donors (Lipinski definition) is 1. The molecule has 0 spiro atoms. The largest absolute Gasteiger partial charge is 0.305 e. The number of aromatic nitrogens is 3. The molecule has 0 radical (unpaired) electrons. The Morgan fingerprint density at radius 1 is 1.15 bits per heavy atom. The first-order valence-corrected chi connectivity index (χ1v) is 8.85. The van der Waals surface area contributed by atoms with Crippen molar-refractivity contribution >= 4 is 17.7 Å². The Hall–Kier alpha value is -2.71. The number of hydrogen-bond acceptors (Lipinski definition) is 5. The monoisotopic (exact) mass is 372 g/mol. The highest BCUT2D eigenvalue weighted by Gasteiger charge is 2.15. The molecule has 1 N–H and O–H groups in total. The molecule has 0 aliphatic heterocycles. The lowest BCUT2D eigenvalue weighted by Crippen LogP contribution is -2.25. The van der Waals surface area contributed by atoms with E-state index in [-0.39, 0.29) is 17.5 Å². The Bertz CT molecular complexity index is 886. The van der Waals surface area contributed by atoms with E-state index in [4.69, 9.17) is 4.84 Å². The Morgan fingerprint density at radius 2 is 1.88 bits per heavy atom. The first-order valence-electron chi connectivity index (χ1n) is 7.87. The zero-order valence-electron chi connectivity index (χ0n) is 14.1. The van der Waals surface area contributed by atoms with Crippen LogP contribution in [-0.2, 0) is 23.3 Å². The third kappa shape index (κ3) is 4.47. The Morgan fingerprint density at radius 3 is 2.65 bits per heavy atom. The normalized spacial score (nSPS) is 10.7. The summed E-state index contributed by atoms with van der Waals surface area (Å²) in [4.78, 5) is 17.1. The highest BCUT2D eigenvalue weighted by Crippen LogP contribution is 2.24. The number of carbonyl (C=O) groups excluding carboxylic acids is 1. The van der Waals surface area contributed by atoms with Crippen molar-refractivity contribution in [2.45, 2.75) is 11.8 Å². The van der Waals surface area contributed by atoms with Crippen LogP contribution in [0.1, 0.15) is 5.56 Å². The summed E-state index contributed by atoms with van der Waals surface area (Å²) in [6.45, 7) is 0.290. The number of hydroxylamine groups is 1. The summed E-state index contributed by atoms with van der Waals surface area (Å²) >= 11 is 1.20. The third-order valence-corrected chi connectivity index (χ3v) is 4.57. The van der Waals surface area contributed by atoms with Crippen molar-refractivity contribution < 1.29 is 14.0 Å². The minimum atomic E-state index is -0.369. The maximum Gasteiger partial charge on any atom is 0.254 e. The third-order valence-electron chi connectivity index (χ3n) is 3.55. The molecule has 0 unspecified atom stereocenters. The lowest BCUT2D eigenvalue weighted by molar-refractivity contribution is -0.131. The highest BCUT2D eigenvalue weighted by atomic mass is 32.2. The van der Waals surface area contributed by atoms with Crippen molar-refractivity contribution in [1.29, 1.82) is 0 Å². The Kier molecular flexibility index (Phi) is 5.98. The zero-order valence-corrected chi connectivity index (χ0v) is 14.9. The molecular formula is C18H17FN4O2S. The molecule has 0 atom stereocenters. The molecule has 1 amide bonds. The van der Waals surface area contributed by atoms with Crippen molar-refractivity contribution in [2.75, 3.05) is 5.75 Å². The molecule has 3 rings (SSSR count). The van der Waals surface area contributed by atoms with E-state index in [1.165, 1.54) is 17.8 Å². The topological polar surface area (TPSA) is 69.0 Å². The van der Waals surface area contributed by atoms with E-state index in [0.717, 1.165) is 5.56 Å². The number of nitrogens with zero attached hydrogens (tertiary/aromatic N) is 3. The highest BCUT2D eigenvalue weighted by molar-refractivity contribution is 7.99. The van der Waals surface area contributed by atoms with Crippen molar-refractivity contribution in [3.63, 3.8) is 0 Å². The maximum absolute atomic E-state index is 13.9. The van der Waals surface area contributed by atoms with Gasteiger partial charge in [0.25, 0.3) is 5.91 Å². The predicted molar refractivity (Wildman–Crippen MR) is 96.5 cm³/mol. The van der Waals surface area contributed by atoms with Gasteiger partial charge in [-0.3, -0.25) is 9.63 Å². The van der Waals surface area contributed by atoms with Crippen LogP contribution < -0.4 is 5.48 Å². The molecule has 1 aromatic heterocycles. The van der Waals surface area contributed by atoms with Gasteiger partial charge in [-0.25, -0.2) is 9.87 Å². The first kappa shape index (κ1) is 18.1. The molecule has 0 aliphatic carbocycles. The van der Waals surface area contributed by atoms with Crippen molar-refractivity contribution in [2.24, 2.45) is 7.05 Å². The summed E-state index contributed by atoms with van der Waals surface area (Å²) in [6.07, 6.45) is 0. The lowest BCUT2D eigenvalue weighted by atomic mass is 10.2. The molecule has 1 heterocycles. The fraction of sp³-hybridized carbons (Fsp3) is 0.167. The molecule has 0 saturated carbocycles. The molecular weight excluding hydrogens is 355 g/mol. The minimum Gasteiger partial charge on any atom is -0.305 e. The van der Waals surface area contributed by atoms with Gasteiger partial charge >= 0.3 is 0 Å².